The Hall–Kier alpha value is -1.44. The number of aromatic nitrogens is 2. The Kier molecular flexibility index (Phi) is 2.43. The van der Waals surface area contributed by atoms with Gasteiger partial charge in [-0.25, -0.2) is 9.97 Å². The van der Waals surface area contributed by atoms with Crippen molar-refractivity contribution < 1.29 is 0 Å². The Morgan fingerprint density at radius 2 is 2.00 bits per heavy atom. The smallest absolute Gasteiger partial charge is 0.159 e. The van der Waals surface area contributed by atoms with Crippen LogP contribution in [0.2, 0.25) is 0 Å². The van der Waals surface area contributed by atoms with Crippen LogP contribution in [0.15, 0.2) is 30.6 Å². The molecule has 2 heterocycles. The van der Waals surface area contributed by atoms with Gasteiger partial charge in [-0.2, -0.15) is 0 Å². The summed E-state index contributed by atoms with van der Waals surface area (Å²) in [5.74, 6) is 0. The highest BCUT2D eigenvalue weighted by Crippen LogP contribution is 2.21. The van der Waals surface area contributed by atoms with Gasteiger partial charge in [-0.3, -0.25) is 0 Å². The lowest BCUT2D eigenvalue weighted by Crippen LogP contribution is -2.09. The SMILES string of the molecule is CC(C)(C)Cc1cnc2ncccc2c1. The van der Waals surface area contributed by atoms with Crippen LogP contribution in [0.5, 0.6) is 0 Å². The molecule has 0 aliphatic rings. The highest BCUT2D eigenvalue weighted by atomic mass is 14.8. The Labute approximate surface area is 90.4 Å². The van der Waals surface area contributed by atoms with Gasteiger partial charge in [0.25, 0.3) is 0 Å². The molecule has 0 saturated carbocycles. The molecule has 78 valence electrons. The van der Waals surface area contributed by atoms with Crippen LogP contribution in [0.4, 0.5) is 0 Å². The van der Waals surface area contributed by atoms with Gasteiger partial charge in [-0.05, 0) is 35.6 Å². The molecule has 0 spiro atoms. The van der Waals surface area contributed by atoms with E-state index in [2.05, 4.69) is 42.9 Å². The van der Waals surface area contributed by atoms with Crippen LogP contribution in [0.3, 0.4) is 0 Å². The van der Waals surface area contributed by atoms with Crippen molar-refractivity contribution in [3.63, 3.8) is 0 Å². The Balaban J connectivity index is 2.39. The molecule has 0 saturated heterocycles. The minimum Gasteiger partial charge on any atom is -0.237 e. The molecule has 2 heteroatoms. The van der Waals surface area contributed by atoms with Gasteiger partial charge >= 0.3 is 0 Å². The van der Waals surface area contributed by atoms with Crippen LogP contribution in [0.1, 0.15) is 26.3 Å². The van der Waals surface area contributed by atoms with Crippen molar-refractivity contribution in [3.8, 4) is 0 Å². The minimum atomic E-state index is 0.303. The summed E-state index contributed by atoms with van der Waals surface area (Å²) in [6, 6.07) is 6.19. The number of rotatable bonds is 1. The molecule has 15 heavy (non-hydrogen) atoms. The highest BCUT2D eigenvalue weighted by Gasteiger charge is 2.11. The second-order valence-electron chi connectivity index (χ2n) is 5.13. The summed E-state index contributed by atoms with van der Waals surface area (Å²) < 4.78 is 0. The average molecular weight is 200 g/mol. The fraction of sp³-hybridized carbons (Fsp3) is 0.385. The number of fused-ring (bicyclic) bond motifs is 1. The van der Waals surface area contributed by atoms with Gasteiger partial charge in [-0.1, -0.05) is 20.8 Å². The fourth-order valence-corrected chi connectivity index (χ4v) is 1.72. The Morgan fingerprint density at radius 1 is 1.20 bits per heavy atom. The third-order valence-corrected chi connectivity index (χ3v) is 2.24. The minimum absolute atomic E-state index is 0.303. The van der Waals surface area contributed by atoms with Gasteiger partial charge in [0.2, 0.25) is 0 Å². The Bertz CT molecular complexity index is 469. The van der Waals surface area contributed by atoms with Crippen molar-refractivity contribution in [1.29, 1.82) is 0 Å². The van der Waals surface area contributed by atoms with Gasteiger partial charge in [-0.15, -0.1) is 0 Å². The third kappa shape index (κ3) is 2.52. The van der Waals surface area contributed by atoms with Gasteiger partial charge in [0.05, 0.1) is 0 Å². The molecule has 0 aromatic carbocycles. The first kappa shape index (κ1) is 10.1. The molecule has 0 amide bonds. The van der Waals surface area contributed by atoms with E-state index in [9.17, 15) is 0 Å². The fourth-order valence-electron chi connectivity index (χ4n) is 1.72. The zero-order valence-electron chi connectivity index (χ0n) is 9.49. The van der Waals surface area contributed by atoms with Gasteiger partial charge in [0, 0.05) is 17.8 Å². The first-order valence-electron chi connectivity index (χ1n) is 5.24. The van der Waals surface area contributed by atoms with Gasteiger partial charge in [0.15, 0.2) is 5.65 Å². The highest BCUT2D eigenvalue weighted by molar-refractivity contribution is 5.74. The number of hydrogen-bond donors (Lipinski definition) is 0. The van der Waals surface area contributed by atoms with E-state index >= 15 is 0 Å². The molecule has 0 aliphatic carbocycles. The molecule has 0 radical (unpaired) electrons. The molecule has 2 rings (SSSR count). The van der Waals surface area contributed by atoms with E-state index in [0.717, 1.165) is 17.5 Å². The summed E-state index contributed by atoms with van der Waals surface area (Å²) in [5.41, 5.74) is 2.41. The van der Waals surface area contributed by atoms with E-state index in [4.69, 9.17) is 0 Å². The molecule has 0 fully saturated rings. The predicted molar refractivity (Wildman–Crippen MR) is 62.7 cm³/mol. The Morgan fingerprint density at radius 3 is 2.73 bits per heavy atom. The van der Waals surface area contributed by atoms with Crippen molar-refractivity contribution in [2.75, 3.05) is 0 Å². The zero-order valence-corrected chi connectivity index (χ0v) is 9.49. The molecule has 0 atom stereocenters. The average Bonchev–Trinajstić information content (AvgIpc) is 2.15. The quantitative estimate of drug-likeness (QED) is 0.706. The van der Waals surface area contributed by atoms with Crippen LogP contribution < -0.4 is 0 Å². The lowest BCUT2D eigenvalue weighted by Gasteiger charge is -2.17. The summed E-state index contributed by atoms with van der Waals surface area (Å²) in [6.45, 7) is 6.71. The molecule has 2 aromatic rings. The number of pyridine rings is 2. The van der Waals surface area contributed by atoms with Crippen molar-refractivity contribution in [2.24, 2.45) is 5.41 Å². The van der Waals surface area contributed by atoms with E-state index in [0.29, 0.717) is 5.41 Å². The topological polar surface area (TPSA) is 25.8 Å². The summed E-state index contributed by atoms with van der Waals surface area (Å²) in [7, 11) is 0. The lowest BCUT2D eigenvalue weighted by atomic mass is 9.88. The summed E-state index contributed by atoms with van der Waals surface area (Å²) in [5, 5.41) is 1.12. The predicted octanol–water partition coefficient (Wildman–Crippen LogP) is 3.22. The standard InChI is InChI=1S/C13H16N2/c1-13(2,3)8-10-7-11-5-4-6-14-12(11)15-9-10/h4-7,9H,8H2,1-3H3. The normalized spacial score (nSPS) is 11.9. The van der Waals surface area contributed by atoms with Crippen LogP contribution in [0.25, 0.3) is 11.0 Å². The molecule has 0 N–H and O–H groups in total. The maximum Gasteiger partial charge on any atom is 0.159 e. The molecular formula is C13H16N2. The molecule has 0 aliphatic heterocycles. The van der Waals surface area contributed by atoms with E-state index in [-0.39, 0.29) is 0 Å². The molecule has 2 aromatic heterocycles. The first-order valence-corrected chi connectivity index (χ1v) is 5.24. The second kappa shape index (κ2) is 3.61. The third-order valence-electron chi connectivity index (χ3n) is 2.24. The first-order chi connectivity index (χ1) is 7.04. The van der Waals surface area contributed by atoms with E-state index in [1.54, 1.807) is 6.20 Å². The zero-order chi connectivity index (χ0) is 10.9. The van der Waals surface area contributed by atoms with Crippen LogP contribution >= 0.6 is 0 Å². The van der Waals surface area contributed by atoms with Crippen molar-refractivity contribution in [2.45, 2.75) is 27.2 Å². The van der Waals surface area contributed by atoms with Crippen LogP contribution in [0, 0.1) is 5.41 Å². The van der Waals surface area contributed by atoms with E-state index in [1.165, 1.54) is 5.56 Å². The number of hydrogen-bond acceptors (Lipinski definition) is 2. The van der Waals surface area contributed by atoms with Crippen molar-refractivity contribution >= 4 is 11.0 Å². The van der Waals surface area contributed by atoms with Crippen molar-refractivity contribution in [3.05, 3.63) is 36.2 Å². The second-order valence-corrected chi connectivity index (χ2v) is 5.13. The molecule has 2 nitrogen and oxygen atoms in total. The molecule has 0 bridgehead atoms. The number of nitrogens with zero attached hydrogens (tertiary/aromatic N) is 2. The van der Waals surface area contributed by atoms with Crippen LogP contribution in [-0.4, -0.2) is 9.97 Å². The van der Waals surface area contributed by atoms with Gasteiger partial charge < -0.3 is 0 Å². The van der Waals surface area contributed by atoms with Crippen LogP contribution in [-0.2, 0) is 6.42 Å². The molecular weight excluding hydrogens is 184 g/mol. The van der Waals surface area contributed by atoms with E-state index in [1.807, 2.05) is 12.3 Å². The van der Waals surface area contributed by atoms with Crippen molar-refractivity contribution in [1.82, 2.24) is 9.97 Å². The summed E-state index contributed by atoms with van der Waals surface area (Å²) in [6.07, 6.45) is 4.75. The monoisotopic (exact) mass is 200 g/mol. The summed E-state index contributed by atoms with van der Waals surface area (Å²) in [4.78, 5) is 8.56. The largest absolute Gasteiger partial charge is 0.237 e. The van der Waals surface area contributed by atoms with Gasteiger partial charge in [0.1, 0.15) is 0 Å². The maximum atomic E-state index is 4.35. The maximum absolute atomic E-state index is 4.35. The summed E-state index contributed by atoms with van der Waals surface area (Å²) >= 11 is 0. The van der Waals surface area contributed by atoms with E-state index < -0.39 is 0 Å². The molecule has 0 unspecified atom stereocenters. The lowest BCUT2D eigenvalue weighted by molar-refractivity contribution is 0.411.